The lowest BCUT2D eigenvalue weighted by atomic mass is 9.73. The fraction of sp³-hybridized carbons (Fsp3) is 0.471. The molecule has 0 bridgehead atoms. The van der Waals surface area contributed by atoms with Crippen LogP contribution in [0.3, 0.4) is 0 Å². The van der Waals surface area contributed by atoms with Crippen LogP contribution in [0.2, 0.25) is 0 Å². The van der Waals surface area contributed by atoms with Gasteiger partial charge in [0.25, 0.3) is 5.91 Å². The molecular formula is C17H22N2O5. The number of carbonyl (C=O) groups excluding carboxylic acids is 2. The number of amides is 2. The van der Waals surface area contributed by atoms with E-state index in [1.807, 2.05) is 6.92 Å². The third-order valence-corrected chi connectivity index (χ3v) is 4.12. The van der Waals surface area contributed by atoms with Crippen molar-refractivity contribution in [2.45, 2.75) is 19.8 Å². The summed E-state index contributed by atoms with van der Waals surface area (Å²) in [5.41, 5.74) is 0.799. The number of benzene rings is 1. The minimum atomic E-state index is -0.956. The van der Waals surface area contributed by atoms with Crippen LogP contribution in [0.4, 0.5) is 5.69 Å². The van der Waals surface area contributed by atoms with E-state index in [0.717, 1.165) is 0 Å². The number of nitrogens with one attached hydrogen (secondary N) is 1. The molecule has 2 atom stereocenters. The zero-order valence-corrected chi connectivity index (χ0v) is 14.0. The Hall–Kier alpha value is -2.57. The SMILES string of the molecule is CCOc1ccc(C(=O)N(C)C)cc1NC(=O)C1CCC1C(=O)O. The summed E-state index contributed by atoms with van der Waals surface area (Å²) < 4.78 is 5.48. The number of anilines is 1. The highest BCUT2D eigenvalue weighted by Crippen LogP contribution is 2.36. The number of carbonyl (C=O) groups is 3. The molecule has 0 heterocycles. The van der Waals surface area contributed by atoms with E-state index in [9.17, 15) is 14.4 Å². The quantitative estimate of drug-likeness (QED) is 0.827. The molecule has 130 valence electrons. The van der Waals surface area contributed by atoms with Crippen LogP contribution in [0, 0.1) is 11.8 Å². The van der Waals surface area contributed by atoms with Crippen LogP contribution in [0.5, 0.6) is 5.75 Å². The lowest BCUT2D eigenvalue weighted by molar-refractivity contribution is -0.151. The van der Waals surface area contributed by atoms with Crippen LogP contribution in [0.25, 0.3) is 0 Å². The Balaban J connectivity index is 2.23. The predicted molar refractivity (Wildman–Crippen MR) is 88.1 cm³/mol. The molecule has 2 N–H and O–H groups in total. The van der Waals surface area contributed by atoms with E-state index in [-0.39, 0.29) is 11.8 Å². The van der Waals surface area contributed by atoms with Gasteiger partial charge in [-0.15, -0.1) is 0 Å². The summed E-state index contributed by atoms with van der Waals surface area (Å²) in [5.74, 6) is -2.25. The summed E-state index contributed by atoms with van der Waals surface area (Å²) in [6.07, 6.45) is 1.05. The molecular weight excluding hydrogens is 312 g/mol. The molecule has 0 spiro atoms. The highest BCUT2D eigenvalue weighted by Gasteiger charge is 2.41. The molecule has 2 rings (SSSR count). The van der Waals surface area contributed by atoms with E-state index in [0.29, 0.717) is 36.4 Å². The molecule has 2 amide bonds. The molecule has 1 aromatic carbocycles. The lowest BCUT2D eigenvalue weighted by Gasteiger charge is -2.32. The van der Waals surface area contributed by atoms with Gasteiger partial charge >= 0.3 is 5.97 Å². The van der Waals surface area contributed by atoms with E-state index >= 15 is 0 Å². The Morgan fingerprint density at radius 3 is 2.42 bits per heavy atom. The number of hydrogen-bond acceptors (Lipinski definition) is 4. The first kappa shape index (κ1) is 17.8. The van der Waals surface area contributed by atoms with Gasteiger partial charge in [-0.3, -0.25) is 14.4 Å². The number of nitrogens with zero attached hydrogens (tertiary/aromatic N) is 1. The molecule has 0 aromatic heterocycles. The molecule has 1 fully saturated rings. The first-order chi connectivity index (χ1) is 11.3. The average Bonchev–Trinajstić information content (AvgIpc) is 2.46. The van der Waals surface area contributed by atoms with Crippen molar-refractivity contribution >= 4 is 23.5 Å². The predicted octanol–water partition coefficient (Wildman–Crippen LogP) is 1.84. The summed E-state index contributed by atoms with van der Waals surface area (Å²) in [6.45, 7) is 2.22. The third-order valence-electron chi connectivity index (χ3n) is 4.12. The van der Waals surface area contributed by atoms with Crippen molar-refractivity contribution in [2.24, 2.45) is 11.8 Å². The summed E-state index contributed by atoms with van der Waals surface area (Å²) >= 11 is 0. The zero-order valence-electron chi connectivity index (χ0n) is 14.0. The fourth-order valence-corrected chi connectivity index (χ4v) is 2.64. The summed E-state index contributed by atoms with van der Waals surface area (Å²) in [6, 6.07) is 4.82. The van der Waals surface area contributed by atoms with E-state index < -0.39 is 17.8 Å². The van der Waals surface area contributed by atoms with Crippen molar-refractivity contribution in [2.75, 3.05) is 26.0 Å². The molecule has 0 radical (unpaired) electrons. The van der Waals surface area contributed by atoms with Gasteiger partial charge in [0.15, 0.2) is 0 Å². The molecule has 1 saturated carbocycles. The van der Waals surface area contributed by atoms with Gasteiger partial charge in [-0.25, -0.2) is 0 Å². The van der Waals surface area contributed by atoms with E-state index in [2.05, 4.69) is 5.32 Å². The Labute approximate surface area is 140 Å². The summed E-state index contributed by atoms with van der Waals surface area (Å²) in [4.78, 5) is 37.0. The monoisotopic (exact) mass is 334 g/mol. The third kappa shape index (κ3) is 3.67. The Bertz CT molecular complexity index is 656. The van der Waals surface area contributed by atoms with Gasteiger partial charge in [-0.1, -0.05) is 0 Å². The van der Waals surface area contributed by atoms with Crippen LogP contribution in [0.15, 0.2) is 18.2 Å². The summed E-state index contributed by atoms with van der Waals surface area (Å²) in [7, 11) is 3.28. The molecule has 2 unspecified atom stereocenters. The van der Waals surface area contributed by atoms with Gasteiger partial charge < -0.3 is 20.1 Å². The molecule has 7 nitrogen and oxygen atoms in total. The van der Waals surface area contributed by atoms with Crippen molar-refractivity contribution in [1.29, 1.82) is 0 Å². The van der Waals surface area contributed by atoms with Gasteiger partial charge in [0, 0.05) is 19.7 Å². The van der Waals surface area contributed by atoms with Crippen molar-refractivity contribution in [3.8, 4) is 5.75 Å². The molecule has 0 aliphatic heterocycles. The molecule has 1 aliphatic carbocycles. The van der Waals surface area contributed by atoms with Crippen LogP contribution in [0.1, 0.15) is 30.1 Å². The Morgan fingerprint density at radius 1 is 1.25 bits per heavy atom. The maximum atomic E-state index is 12.4. The van der Waals surface area contributed by atoms with E-state index in [1.165, 1.54) is 4.90 Å². The van der Waals surface area contributed by atoms with Crippen LogP contribution in [-0.4, -0.2) is 48.5 Å². The second-order valence-electron chi connectivity index (χ2n) is 5.96. The van der Waals surface area contributed by atoms with Crippen molar-refractivity contribution in [1.82, 2.24) is 4.90 Å². The zero-order chi connectivity index (χ0) is 17.9. The van der Waals surface area contributed by atoms with Crippen LogP contribution < -0.4 is 10.1 Å². The first-order valence-corrected chi connectivity index (χ1v) is 7.87. The van der Waals surface area contributed by atoms with Crippen LogP contribution in [-0.2, 0) is 9.59 Å². The van der Waals surface area contributed by atoms with Crippen molar-refractivity contribution in [3.05, 3.63) is 23.8 Å². The second-order valence-corrected chi connectivity index (χ2v) is 5.96. The maximum absolute atomic E-state index is 12.4. The lowest BCUT2D eigenvalue weighted by Crippen LogP contribution is -2.41. The minimum Gasteiger partial charge on any atom is -0.492 e. The number of carboxylic acid groups (broad SMARTS) is 1. The van der Waals surface area contributed by atoms with Gasteiger partial charge in [0.2, 0.25) is 5.91 Å². The molecule has 1 aliphatic rings. The number of rotatable bonds is 6. The van der Waals surface area contributed by atoms with Crippen LogP contribution >= 0.6 is 0 Å². The normalized spacial score (nSPS) is 19.1. The largest absolute Gasteiger partial charge is 0.492 e. The number of ether oxygens (including phenoxy) is 1. The standard InChI is InChI=1S/C17H22N2O5/c1-4-24-14-8-5-10(16(21)19(2)3)9-13(14)18-15(20)11-6-7-12(11)17(22)23/h5,8-9,11-12H,4,6-7H2,1-3H3,(H,18,20)(H,22,23). The fourth-order valence-electron chi connectivity index (χ4n) is 2.64. The number of aliphatic carboxylic acids is 1. The second kappa shape index (κ2) is 7.33. The summed E-state index contributed by atoms with van der Waals surface area (Å²) in [5, 5.41) is 11.8. The smallest absolute Gasteiger partial charge is 0.307 e. The molecule has 0 saturated heterocycles. The molecule has 24 heavy (non-hydrogen) atoms. The van der Waals surface area contributed by atoms with Gasteiger partial charge in [0.1, 0.15) is 5.75 Å². The van der Waals surface area contributed by atoms with E-state index in [1.54, 1.807) is 32.3 Å². The maximum Gasteiger partial charge on any atom is 0.307 e. The highest BCUT2D eigenvalue weighted by molar-refractivity contribution is 6.00. The number of carboxylic acids is 1. The van der Waals surface area contributed by atoms with E-state index in [4.69, 9.17) is 9.84 Å². The number of hydrogen-bond donors (Lipinski definition) is 2. The first-order valence-electron chi connectivity index (χ1n) is 7.87. The highest BCUT2D eigenvalue weighted by atomic mass is 16.5. The van der Waals surface area contributed by atoms with Crippen molar-refractivity contribution < 1.29 is 24.2 Å². The van der Waals surface area contributed by atoms with Gasteiger partial charge in [-0.2, -0.15) is 0 Å². The van der Waals surface area contributed by atoms with Gasteiger partial charge in [0.05, 0.1) is 24.1 Å². The van der Waals surface area contributed by atoms with Crippen molar-refractivity contribution in [3.63, 3.8) is 0 Å². The average molecular weight is 334 g/mol. The minimum absolute atomic E-state index is 0.194. The Morgan fingerprint density at radius 2 is 1.92 bits per heavy atom. The van der Waals surface area contributed by atoms with Gasteiger partial charge in [-0.05, 0) is 38.0 Å². The molecule has 7 heteroatoms. The Kier molecular flexibility index (Phi) is 5.43. The topological polar surface area (TPSA) is 95.9 Å². The molecule has 1 aromatic rings.